The van der Waals surface area contributed by atoms with Crippen LogP contribution in [0.3, 0.4) is 0 Å². The van der Waals surface area contributed by atoms with Crippen molar-refractivity contribution in [2.75, 3.05) is 24.6 Å². The van der Waals surface area contributed by atoms with E-state index in [0.29, 0.717) is 5.69 Å². The maximum Gasteiger partial charge on any atom is 0.238 e. The Morgan fingerprint density at radius 3 is 2.90 bits per heavy atom. The van der Waals surface area contributed by atoms with Gasteiger partial charge in [0.05, 0.1) is 12.2 Å². The van der Waals surface area contributed by atoms with E-state index in [1.54, 1.807) is 11.3 Å². The van der Waals surface area contributed by atoms with Crippen LogP contribution in [-0.4, -0.2) is 24.4 Å². The normalized spacial score (nSPS) is 12.4. The van der Waals surface area contributed by atoms with Gasteiger partial charge in [-0.3, -0.25) is 9.69 Å². The van der Waals surface area contributed by atoms with Gasteiger partial charge < -0.3 is 11.1 Å². The number of halogens is 1. The number of nitrogens with one attached hydrogen (secondary N) is 1. The molecule has 0 bridgehead atoms. The molecule has 0 aliphatic carbocycles. The molecule has 1 atom stereocenters. The van der Waals surface area contributed by atoms with Crippen molar-refractivity contribution in [2.45, 2.75) is 13.0 Å². The molecule has 0 fully saturated rings. The number of benzene rings is 1. The van der Waals surface area contributed by atoms with Crippen LogP contribution in [0.25, 0.3) is 0 Å². The fourth-order valence-electron chi connectivity index (χ4n) is 1.94. The van der Waals surface area contributed by atoms with E-state index in [9.17, 15) is 9.18 Å². The molecule has 112 valence electrons. The maximum absolute atomic E-state index is 13.6. The summed E-state index contributed by atoms with van der Waals surface area (Å²) >= 11 is 1.64. The van der Waals surface area contributed by atoms with E-state index in [1.807, 2.05) is 36.4 Å². The number of hydrogen-bond donors (Lipinski definition) is 2. The highest BCUT2D eigenvalue weighted by atomic mass is 32.1. The fourth-order valence-corrected chi connectivity index (χ4v) is 2.79. The number of anilines is 2. The number of nitrogens with zero attached hydrogens (tertiary/aromatic N) is 1. The molecule has 1 heterocycles. The Balaban J connectivity index is 1.96. The van der Waals surface area contributed by atoms with E-state index >= 15 is 0 Å². The summed E-state index contributed by atoms with van der Waals surface area (Å²) in [6.07, 6.45) is 0. The van der Waals surface area contributed by atoms with Gasteiger partial charge in [-0.25, -0.2) is 4.39 Å². The van der Waals surface area contributed by atoms with Gasteiger partial charge in [-0.05, 0) is 43.6 Å². The van der Waals surface area contributed by atoms with Gasteiger partial charge in [-0.2, -0.15) is 0 Å². The molecule has 2 rings (SSSR count). The molecule has 2 aromatic rings. The van der Waals surface area contributed by atoms with Gasteiger partial charge in [0, 0.05) is 16.6 Å². The van der Waals surface area contributed by atoms with Gasteiger partial charge in [-0.1, -0.05) is 6.07 Å². The number of hydrogen-bond acceptors (Lipinski definition) is 4. The first kappa shape index (κ1) is 15.5. The summed E-state index contributed by atoms with van der Waals surface area (Å²) in [6.45, 7) is 2.20. The van der Waals surface area contributed by atoms with E-state index in [2.05, 4.69) is 5.32 Å². The van der Waals surface area contributed by atoms with Crippen molar-refractivity contribution in [3.05, 3.63) is 46.4 Å². The Kier molecular flexibility index (Phi) is 4.93. The van der Waals surface area contributed by atoms with Gasteiger partial charge in [0.15, 0.2) is 0 Å². The second-order valence-corrected chi connectivity index (χ2v) is 5.87. The molecule has 0 aliphatic rings. The molecule has 1 amide bonds. The third-order valence-corrected chi connectivity index (χ3v) is 4.32. The Labute approximate surface area is 127 Å². The van der Waals surface area contributed by atoms with Crippen LogP contribution in [0.5, 0.6) is 0 Å². The first-order valence-electron chi connectivity index (χ1n) is 6.56. The van der Waals surface area contributed by atoms with Crippen LogP contribution in [0.15, 0.2) is 35.7 Å². The molecular formula is C15H18FN3OS. The molecule has 0 spiro atoms. The first-order valence-corrected chi connectivity index (χ1v) is 7.44. The average molecular weight is 307 g/mol. The summed E-state index contributed by atoms with van der Waals surface area (Å²) in [5.74, 6) is -0.767. The summed E-state index contributed by atoms with van der Waals surface area (Å²) in [6, 6.07) is 8.24. The first-order chi connectivity index (χ1) is 9.97. The second-order valence-electron chi connectivity index (χ2n) is 4.89. The highest BCUT2D eigenvalue weighted by Gasteiger charge is 2.16. The van der Waals surface area contributed by atoms with Gasteiger partial charge in [0.25, 0.3) is 0 Å². The lowest BCUT2D eigenvalue weighted by Gasteiger charge is -2.23. The number of carbonyl (C=O) groups excluding carboxylic acids is 1. The van der Waals surface area contributed by atoms with Crippen LogP contribution in [-0.2, 0) is 4.79 Å². The standard InChI is InChI=1S/C15H18FN3OS/c1-10(14-4-3-7-21-14)19(2)9-15(20)18-13-8-11(17)5-6-12(13)16/h3-8,10H,9,17H2,1-2H3,(H,18,20). The number of rotatable bonds is 5. The molecule has 1 unspecified atom stereocenters. The topological polar surface area (TPSA) is 58.4 Å². The van der Waals surface area contributed by atoms with E-state index < -0.39 is 5.82 Å². The van der Waals surface area contributed by atoms with Crippen LogP contribution in [0.4, 0.5) is 15.8 Å². The minimum Gasteiger partial charge on any atom is -0.399 e. The summed E-state index contributed by atoms with van der Waals surface area (Å²) in [4.78, 5) is 15.1. The third kappa shape index (κ3) is 4.03. The van der Waals surface area contributed by atoms with Crippen LogP contribution in [0.2, 0.25) is 0 Å². The number of likely N-dealkylation sites (N-methyl/N-ethyl adjacent to an activating group) is 1. The summed E-state index contributed by atoms with van der Waals surface area (Å²) in [7, 11) is 1.86. The highest BCUT2D eigenvalue weighted by Crippen LogP contribution is 2.23. The van der Waals surface area contributed by atoms with Gasteiger partial charge in [0.1, 0.15) is 5.82 Å². The van der Waals surface area contributed by atoms with Crippen LogP contribution in [0, 0.1) is 5.82 Å². The van der Waals surface area contributed by atoms with Crippen LogP contribution >= 0.6 is 11.3 Å². The second kappa shape index (κ2) is 6.69. The fraction of sp³-hybridized carbons (Fsp3) is 0.267. The molecule has 21 heavy (non-hydrogen) atoms. The molecule has 0 saturated carbocycles. The van der Waals surface area contributed by atoms with Crippen molar-refractivity contribution >= 4 is 28.6 Å². The summed E-state index contributed by atoms with van der Waals surface area (Å²) < 4.78 is 13.6. The van der Waals surface area contributed by atoms with Crippen molar-refractivity contribution in [1.82, 2.24) is 4.90 Å². The molecular weight excluding hydrogens is 289 g/mol. The van der Waals surface area contributed by atoms with Gasteiger partial charge >= 0.3 is 0 Å². The molecule has 0 radical (unpaired) electrons. The quantitative estimate of drug-likeness (QED) is 0.835. The maximum atomic E-state index is 13.6. The number of thiophene rings is 1. The van der Waals surface area contributed by atoms with E-state index in [1.165, 1.54) is 23.1 Å². The molecule has 6 heteroatoms. The zero-order chi connectivity index (χ0) is 15.4. The molecule has 1 aromatic carbocycles. The van der Waals surface area contributed by atoms with E-state index in [0.717, 1.165) is 0 Å². The Hall–Kier alpha value is -1.92. The van der Waals surface area contributed by atoms with E-state index in [4.69, 9.17) is 5.73 Å². The lowest BCUT2D eigenvalue weighted by molar-refractivity contribution is -0.117. The molecule has 4 nitrogen and oxygen atoms in total. The smallest absolute Gasteiger partial charge is 0.238 e. The van der Waals surface area contributed by atoms with Crippen molar-refractivity contribution in [2.24, 2.45) is 0 Å². The largest absolute Gasteiger partial charge is 0.399 e. The minimum absolute atomic E-state index is 0.108. The van der Waals surface area contributed by atoms with Crippen molar-refractivity contribution in [1.29, 1.82) is 0 Å². The number of amides is 1. The number of nitrogens with two attached hydrogens (primary N) is 1. The predicted molar refractivity (Wildman–Crippen MR) is 84.8 cm³/mol. The predicted octanol–water partition coefficient (Wildman–Crippen LogP) is 3.10. The van der Waals surface area contributed by atoms with Crippen molar-refractivity contribution in [3.63, 3.8) is 0 Å². The Morgan fingerprint density at radius 1 is 1.48 bits per heavy atom. The average Bonchev–Trinajstić information content (AvgIpc) is 2.96. The van der Waals surface area contributed by atoms with Gasteiger partial charge in [0.2, 0.25) is 5.91 Å². The molecule has 0 saturated heterocycles. The summed E-state index contributed by atoms with van der Waals surface area (Å²) in [5.41, 5.74) is 6.11. The lowest BCUT2D eigenvalue weighted by Crippen LogP contribution is -2.32. The zero-order valence-electron chi connectivity index (χ0n) is 12.0. The SMILES string of the molecule is CC(c1cccs1)N(C)CC(=O)Nc1cc(N)ccc1F. The summed E-state index contributed by atoms with van der Waals surface area (Å²) in [5, 5.41) is 4.55. The number of carbonyl (C=O) groups is 1. The highest BCUT2D eigenvalue weighted by molar-refractivity contribution is 7.10. The van der Waals surface area contributed by atoms with Crippen LogP contribution < -0.4 is 11.1 Å². The Bertz CT molecular complexity index is 615. The molecule has 3 N–H and O–H groups in total. The molecule has 0 aliphatic heterocycles. The third-order valence-electron chi connectivity index (χ3n) is 3.27. The zero-order valence-corrected chi connectivity index (χ0v) is 12.8. The number of nitrogen functional groups attached to an aromatic ring is 1. The lowest BCUT2D eigenvalue weighted by atomic mass is 10.2. The van der Waals surface area contributed by atoms with Crippen LogP contribution in [0.1, 0.15) is 17.8 Å². The van der Waals surface area contributed by atoms with Crippen molar-refractivity contribution < 1.29 is 9.18 Å². The van der Waals surface area contributed by atoms with E-state index in [-0.39, 0.29) is 24.2 Å². The monoisotopic (exact) mass is 307 g/mol. The Morgan fingerprint density at radius 2 is 2.24 bits per heavy atom. The minimum atomic E-state index is -0.494. The van der Waals surface area contributed by atoms with Gasteiger partial charge in [-0.15, -0.1) is 11.3 Å². The molecule has 1 aromatic heterocycles. The van der Waals surface area contributed by atoms with Crippen molar-refractivity contribution in [3.8, 4) is 0 Å².